The molecule has 0 spiro atoms. The molecule has 1 aliphatic rings. The number of ether oxygens (including phenoxy) is 1. The molecule has 0 aliphatic heterocycles. The van der Waals surface area contributed by atoms with Crippen LogP contribution in [0.4, 0.5) is 6.01 Å². The van der Waals surface area contributed by atoms with Crippen LogP contribution in [0.5, 0.6) is 0 Å². The van der Waals surface area contributed by atoms with Crippen LogP contribution >= 0.6 is 0 Å². The summed E-state index contributed by atoms with van der Waals surface area (Å²) in [4.78, 5) is 11.5. The van der Waals surface area contributed by atoms with Crippen molar-refractivity contribution in [2.75, 3.05) is 11.9 Å². The number of amides is 1. The molecule has 1 N–H and O–H groups in total. The van der Waals surface area contributed by atoms with Crippen LogP contribution in [0.2, 0.25) is 0 Å². The van der Waals surface area contributed by atoms with Gasteiger partial charge in [0.2, 0.25) is 5.89 Å². The standard InChI is InChI=1S/C11H17N3O3/c1-11(2,3)16-6-8(15)12-10-14-13-9(17-10)7-4-5-7/h7H,4-6H2,1-3H3,(H,12,14,15). The second-order valence-electron chi connectivity index (χ2n) is 5.17. The molecule has 1 aromatic heterocycles. The van der Waals surface area contributed by atoms with Crippen molar-refractivity contribution in [3.05, 3.63) is 5.89 Å². The summed E-state index contributed by atoms with van der Waals surface area (Å²) in [6.07, 6.45) is 2.17. The molecule has 1 amide bonds. The number of carbonyl (C=O) groups excluding carboxylic acids is 1. The quantitative estimate of drug-likeness (QED) is 0.865. The molecule has 6 nitrogen and oxygen atoms in total. The zero-order chi connectivity index (χ0) is 12.5. The van der Waals surface area contributed by atoms with E-state index in [1.165, 1.54) is 0 Å². The van der Waals surface area contributed by atoms with Gasteiger partial charge in [0, 0.05) is 5.92 Å². The van der Waals surface area contributed by atoms with Crippen LogP contribution in [0.1, 0.15) is 45.4 Å². The van der Waals surface area contributed by atoms with Gasteiger partial charge >= 0.3 is 6.01 Å². The van der Waals surface area contributed by atoms with E-state index in [1.807, 2.05) is 20.8 Å². The van der Waals surface area contributed by atoms with Crippen molar-refractivity contribution >= 4 is 11.9 Å². The summed E-state index contributed by atoms with van der Waals surface area (Å²) < 4.78 is 10.6. The van der Waals surface area contributed by atoms with Gasteiger partial charge in [-0.3, -0.25) is 10.1 Å². The summed E-state index contributed by atoms with van der Waals surface area (Å²) in [6.45, 7) is 5.64. The molecule has 0 unspecified atom stereocenters. The van der Waals surface area contributed by atoms with Crippen LogP contribution in [0.15, 0.2) is 4.42 Å². The third kappa shape index (κ3) is 3.81. The lowest BCUT2D eigenvalue weighted by Crippen LogP contribution is -2.27. The number of nitrogens with zero attached hydrogens (tertiary/aromatic N) is 2. The van der Waals surface area contributed by atoms with Crippen molar-refractivity contribution < 1.29 is 13.9 Å². The first-order valence-corrected chi connectivity index (χ1v) is 5.71. The highest BCUT2D eigenvalue weighted by atomic mass is 16.5. The highest BCUT2D eigenvalue weighted by Gasteiger charge is 2.29. The van der Waals surface area contributed by atoms with Crippen molar-refractivity contribution in [1.29, 1.82) is 0 Å². The third-order valence-electron chi connectivity index (χ3n) is 2.25. The molecule has 1 aromatic rings. The maximum atomic E-state index is 11.5. The highest BCUT2D eigenvalue weighted by molar-refractivity contribution is 5.89. The smallest absolute Gasteiger partial charge is 0.322 e. The Morgan fingerprint density at radius 1 is 1.47 bits per heavy atom. The monoisotopic (exact) mass is 239 g/mol. The molecule has 0 saturated heterocycles. The number of aromatic nitrogens is 2. The number of hydrogen-bond donors (Lipinski definition) is 1. The van der Waals surface area contributed by atoms with Gasteiger partial charge in [-0.1, -0.05) is 5.10 Å². The van der Waals surface area contributed by atoms with Crippen molar-refractivity contribution in [1.82, 2.24) is 10.2 Å². The van der Waals surface area contributed by atoms with Crippen LogP contribution in [-0.4, -0.2) is 28.3 Å². The van der Waals surface area contributed by atoms with Gasteiger partial charge in [-0.25, -0.2) is 0 Å². The van der Waals surface area contributed by atoms with E-state index in [4.69, 9.17) is 9.15 Å². The molecule has 0 radical (unpaired) electrons. The van der Waals surface area contributed by atoms with Gasteiger partial charge in [-0.15, -0.1) is 5.10 Å². The van der Waals surface area contributed by atoms with E-state index >= 15 is 0 Å². The summed E-state index contributed by atoms with van der Waals surface area (Å²) in [5.41, 5.74) is -0.342. The van der Waals surface area contributed by atoms with E-state index in [0.29, 0.717) is 11.8 Å². The Hall–Kier alpha value is -1.43. The molecular weight excluding hydrogens is 222 g/mol. The molecule has 1 fully saturated rings. The largest absolute Gasteiger partial charge is 0.408 e. The Labute approximate surface area is 99.7 Å². The van der Waals surface area contributed by atoms with Crippen LogP contribution in [0, 0.1) is 0 Å². The van der Waals surface area contributed by atoms with E-state index in [-0.39, 0.29) is 24.1 Å². The molecule has 94 valence electrons. The highest BCUT2D eigenvalue weighted by Crippen LogP contribution is 2.39. The van der Waals surface area contributed by atoms with Gasteiger partial charge in [-0.05, 0) is 33.6 Å². The topological polar surface area (TPSA) is 77.2 Å². The molecule has 6 heteroatoms. The molecule has 17 heavy (non-hydrogen) atoms. The van der Waals surface area contributed by atoms with E-state index in [1.54, 1.807) is 0 Å². The van der Waals surface area contributed by atoms with Crippen LogP contribution in [0.25, 0.3) is 0 Å². The maximum Gasteiger partial charge on any atom is 0.322 e. The predicted molar refractivity (Wildman–Crippen MR) is 60.6 cm³/mol. The number of hydrogen-bond acceptors (Lipinski definition) is 5. The summed E-state index contributed by atoms with van der Waals surface area (Å²) in [6, 6.07) is 0.148. The maximum absolute atomic E-state index is 11.5. The van der Waals surface area contributed by atoms with E-state index in [0.717, 1.165) is 12.8 Å². The van der Waals surface area contributed by atoms with Crippen LogP contribution < -0.4 is 5.32 Å². The number of nitrogens with one attached hydrogen (secondary N) is 1. The van der Waals surface area contributed by atoms with Crippen molar-refractivity contribution in [2.24, 2.45) is 0 Å². The molecule has 0 aromatic carbocycles. The molecule has 2 rings (SSSR count). The average Bonchev–Trinajstić information content (AvgIpc) is 2.97. The fourth-order valence-corrected chi connectivity index (χ4v) is 1.22. The van der Waals surface area contributed by atoms with Crippen molar-refractivity contribution in [2.45, 2.75) is 45.1 Å². The summed E-state index contributed by atoms with van der Waals surface area (Å²) >= 11 is 0. The lowest BCUT2D eigenvalue weighted by molar-refractivity contribution is -0.125. The van der Waals surface area contributed by atoms with Gasteiger partial charge < -0.3 is 9.15 Å². The lowest BCUT2D eigenvalue weighted by Gasteiger charge is -2.18. The minimum absolute atomic E-state index is 0.0232. The Balaban J connectivity index is 1.80. The Morgan fingerprint density at radius 2 is 2.18 bits per heavy atom. The number of carbonyl (C=O) groups is 1. The molecule has 1 aliphatic carbocycles. The van der Waals surface area contributed by atoms with Gasteiger partial charge in [0.1, 0.15) is 6.61 Å². The molecule has 0 bridgehead atoms. The molecule has 1 saturated carbocycles. The van der Waals surface area contributed by atoms with E-state index < -0.39 is 0 Å². The predicted octanol–water partition coefficient (Wildman–Crippen LogP) is 1.70. The summed E-state index contributed by atoms with van der Waals surface area (Å²) in [5.74, 6) is 0.710. The van der Waals surface area contributed by atoms with E-state index in [9.17, 15) is 4.79 Å². The minimum atomic E-state index is -0.342. The van der Waals surface area contributed by atoms with Crippen molar-refractivity contribution in [3.8, 4) is 0 Å². The molecule has 0 atom stereocenters. The average molecular weight is 239 g/mol. The second kappa shape index (κ2) is 4.44. The van der Waals surface area contributed by atoms with E-state index in [2.05, 4.69) is 15.5 Å². The van der Waals surface area contributed by atoms with Crippen LogP contribution in [0.3, 0.4) is 0 Å². The second-order valence-corrected chi connectivity index (χ2v) is 5.17. The van der Waals surface area contributed by atoms with Gasteiger partial charge in [0.05, 0.1) is 5.60 Å². The SMILES string of the molecule is CC(C)(C)OCC(=O)Nc1nnc(C2CC2)o1. The first-order valence-electron chi connectivity index (χ1n) is 5.71. The van der Waals surface area contributed by atoms with Crippen LogP contribution in [-0.2, 0) is 9.53 Å². The number of anilines is 1. The first kappa shape index (κ1) is 12.0. The summed E-state index contributed by atoms with van der Waals surface area (Å²) in [7, 11) is 0. The first-order chi connectivity index (χ1) is 7.94. The van der Waals surface area contributed by atoms with Gasteiger partial charge in [0.15, 0.2) is 0 Å². The summed E-state index contributed by atoms with van der Waals surface area (Å²) in [5, 5.41) is 10.1. The fraction of sp³-hybridized carbons (Fsp3) is 0.727. The van der Waals surface area contributed by atoms with Crippen molar-refractivity contribution in [3.63, 3.8) is 0 Å². The van der Waals surface area contributed by atoms with Gasteiger partial charge in [0.25, 0.3) is 5.91 Å². The molecular formula is C11H17N3O3. The third-order valence-corrected chi connectivity index (χ3v) is 2.25. The Morgan fingerprint density at radius 3 is 2.76 bits per heavy atom. The Bertz CT molecular complexity index is 404. The normalized spacial score (nSPS) is 15.9. The molecule has 1 heterocycles. The lowest BCUT2D eigenvalue weighted by atomic mass is 10.2. The van der Waals surface area contributed by atoms with Gasteiger partial charge in [-0.2, -0.15) is 0 Å². The Kier molecular flexibility index (Phi) is 3.15. The number of rotatable bonds is 4. The fourth-order valence-electron chi connectivity index (χ4n) is 1.22. The zero-order valence-corrected chi connectivity index (χ0v) is 10.3. The minimum Gasteiger partial charge on any atom is -0.408 e. The zero-order valence-electron chi connectivity index (χ0n) is 10.3.